The topological polar surface area (TPSA) is 46.2 Å². The fraction of sp³-hybridized carbons (Fsp3) is 0.250. The standard InChI is InChI=1S/C8H9BrFNO/c9-7-3-5(10)1-2-6(7)8(11)4-12/h1-3,8,12H,4,11H2/t8-/m0/s1. The molecule has 0 heterocycles. The van der Waals surface area contributed by atoms with Crippen molar-refractivity contribution in [2.45, 2.75) is 6.04 Å². The van der Waals surface area contributed by atoms with Gasteiger partial charge in [0.25, 0.3) is 0 Å². The van der Waals surface area contributed by atoms with Crippen molar-refractivity contribution < 1.29 is 9.50 Å². The van der Waals surface area contributed by atoms with Gasteiger partial charge in [0.1, 0.15) is 5.82 Å². The molecule has 0 aliphatic rings. The van der Waals surface area contributed by atoms with Crippen LogP contribution in [0.15, 0.2) is 22.7 Å². The predicted octanol–water partition coefficient (Wildman–Crippen LogP) is 1.58. The number of aliphatic hydroxyl groups is 1. The van der Waals surface area contributed by atoms with Crippen molar-refractivity contribution in [2.75, 3.05) is 6.61 Å². The molecule has 0 bridgehead atoms. The van der Waals surface area contributed by atoms with Crippen LogP contribution in [0.25, 0.3) is 0 Å². The maximum atomic E-state index is 12.6. The second-order valence-electron chi connectivity index (χ2n) is 2.45. The molecule has 1 atom stereocenters. The van der Waals surface area contributed by atoms with Crippen molar-refractivity contribution in [1.29, 1.82) is 0 Å². The minimum atomic E-state index is -0.458. The van der Waals surface area contributed by atoms with E-state index in [-0.39, 0.29) is 12.4 Å². The highest BCUT2D eigenvalue weighted by Crippen LogP contribution is 2.22. The third kappa shape index (κ3) is 2.03. The molecule has 2 nitrogen and oxygen atoms in total. The van der Waals surface area contributed by atoms with E-state index in [0.29, 0.717) is 10.0 Å². The minimum absolute atomic E-state index is 0.149. The summed E-state index contributed by atoms with van der Waals surface area (Å²) in [7, 11) is 0. The van der Waals surface area contributed by atoms with Gasteiger partial charge in [0, 0.05) is 4.47 Å². The Morgan fingerprint density at radius 2 is 2.25 bits per heavy atom. The molecule has 0 radical (unpaired) electrons. The van der Waals surface area contributed by atoms with Gasteiger partial charge < -0.3 is 10.8 Å². The number of aliphatic hydroxyl groups excluding tert-OH is 1. The van der Waals surface area contributed by atoms with E-state index in [2.05, 4.69) is 15.9 Å². The first kappa shape index (κ1) is 9.64. The van der Waals surface area contributed by atoms with Crippen LogP contribution in [0.1, 0.15) is 11.6 Å². The van der Waals surface area contributed by atoms with Crippen molar-refractivity contribution in [1.82, 2.24) is 0 Å². The van der Waals surface area contributed by atoms with Gasteiger partial charge in [-0.3, -0.25) is 0 Å². The van der Waals surface area contributed by atoms with Gasteiger partial charge in [0.15, 0.2) is 0 Å². The molecule has 0 amide bonds. The summed E-state index contributed by atoms with van der Waals surface area (Å²) in [6.45, 7) is -0.149. The Balaban J connectivity index is 3.01. The number of nitrogens with two attached hydrogens (primary N) is 1. The van der Waals surface area contributed by atoms with Crippen LogP contribution >= 0.6 is 15.9 Å². The number of halogens is 2. The maximum absolute atomic E-state index is 12.6. The lowest BCUT2D eigenvalue weighted by molar-refractivity contribution is 0.267. The van der Waals surface area contributed by atoms with E-state index >= 15 is 0 Å². The lowest BCUT2D eigenvalue weighted by atomic mass is 10.1. The van der Waals surface area contributed by atoms with Crippen LogP contribution < -0.4 is 5.73 Å². The third-order valence-electron chi connectivity index (χ3n) is 1.56. The first-order valence-electron chi connectivity index (χ1n) is 3.46. The normalized spacial score (nSPS) is 13.0. The molecule has 4 heteroatoms. The highest BCUT2D eigenvalue weighted by molar-refractivity contribution is 9.10. The number of benzene rings is 1. The van der Waals surface area contributed by atoms with Crippen LogP contribution in [0.3, 0.4) is 0 Å². The molecule has 0 saturated carbocycles. The van der Waals surface area contributed by atoms with E-state index in [1.165, 1.54) is 12.1 Å². The van der Waals surface area contributed by atoms with Gasteiger partial charge in [0.05, 0.1) is 12.6 Å². The first-order valence-corrected chi connectivity index (χ1v) is 4.26. The lowest BCUT2D eigenvalue weighted by Crippen LogP contribution is -2.14. The average Bonchev–Trinajstić information content (AvgIpc) is 2.03. The Morgan fingerprint density at radius 1 is 1.58 bits per heavy atom. The highest BCUT2D eigenvalue weighted by atomic mass is 79.9. The Labute approximate surface area is 78.3 Å². The zero-order valence-electron chi connectivity index (χ0n) is 6.30. The van der Waals surface area contributed by atoms with Crippen molar-refractivity contribution in [3.63, 3.8) is 0 Å². The van der Waals surface area contributed by atoms with Gasteiger partial charge in [-0.15, -0.1) is 0 Å². The smallest absolute Gasteiger partial charge is 0.124 e. The van der Waals surface area contributed by atoms with Crippen molar-refractivity contribution >= 4 is 15.9 Å². The lowest BCUT2D eigenvalue weighted by Gasteiger charge is -2.10. The van der Waals surface area contributed by atoms with Crippen molar-refractivity contribution in [3.05, 3.63) is 34.1 Å². The van der Waals surface area contributed by atoms with Crippen LogP contribution in [0.4, 0.5) is 4.39 Å². The summed E-state index contributed by atoms with van der Waals surface area (Å²) in [4.78, 5) is 0. The van der Waals surface area contributed by atoms with Crippen LogP contribution in [0.2, 0.25) is 0 Å². The summed E-state index contributed by atoms with van der Waals surface area (Å²) in [6, 6.07) is 3.74. The van der Waals surface area contributed by atoms with Gasteiger partial charge in [0.2, 0.25) is 0 Å². The Bertz CT molecular complexity index is 280. The number of hydrogen-bond acceptors (Lipinski definition) is 2. The Hall–Kier alpha value is -0.450. The van der Waals surface area contributed by atoms with Crippen molar-refractivity contribution in [2.24, 2.45) is 5.73 Å². The quantitative estimate of drug-likeness (QED) is 0.815. The molecule has 0 unspecified atom stereocenters. The van der Waals surface area contributed by atoms with E-state index in [9.17, 15) is 4.39 Å². The molecule has 0 saturated heterocycles. The molecular weight excluding hydrogens is 225 g/mol. The Morgan fingerprint density at radius 3 is 2.75 bits per heavy atom. The molecular formula is C8H9BrFNO. The SMILES string of the molecule is N[C@@H](CO)c1ccc(F)cc1Br. The summed E-state index contributed by atoms with van der Waals surface area (Å²) in [6.07, 6.45) is 0. The molecule has 1 rings (SSSR count). The van der Waals surface area contributed by atoms with E-state index in [0.717, 1.165) is 0 Å². The zero-order chi connectivity index (χ0) is 9.14. The van der Waals surface area contributed by atoms with Crippen LogP contribution in [0, 0.1) is 5.82 Å². The molecule has 0 spiro atoms. The minimum Gasteiger partial charge on any atom is -0.394 e. The van der Waals surface area contributed by atoms with Crippen LogP contribution in [-0.2, 0) is 0 Å². The molecule has 1 aromatic rings. The maximum Gasteiger partial charge on any atom is 0.124 e. The second kappa shape index (κ2) is 3.98. The monoisotopic (exact) mass is 233 g/mol. The molecule has 0 aliphatic carbocycles. The first-order chi connectivity index (χ1) is 5.65. The number of hydrogen-bond donors (Lipinski definition) is 2. The average molecular weight is 234 g/mol. The van der Waals surface area contributed by atoms with E-state index in [4.69, 9.17) is 10.8 Å². The largest absolute Gasteiger partial charge is 0.394 e. The fourth-order valence-corrected chi connectivity index (χ4v) is 1.55. The number of rotatable bonds is 2. The molecule has 3 N–H and O–H groups in total. The summed E-state index contributed by atoms with van der Waals surface area (Å²) in [5.74, 6) is -0.323. The molecule has 12 heavy (non-hydrogen) atoms. The van der Waals surface area contributed by atoms with Crippen molar-refractivity contribution in [3.8, 4) is 0 Å². The molecule has 0 fully saturated rings. The highest BCUT2D eigenvalue weighted by Gasteiger charge is 2.08. The molecule has 66 valence electrons. The third-order valence-corrected chi connectivity index (χ3v) is 2.25. The van der Waals surface area contributed by atoms with Gasteiger partial charge in [-0.2, -0.15) is 0 Å². The summed E-state index contributed by atoms with van der Waals surface area (Å²) in [5.41, 5.74) is 6.25. The summed E-state index contributed by atoms with van der Waals surface area (Å²) >= 11 is 3.16. The fourth-order valence-electron chi connectivity index (χ4n) is 0.901. The predicted molar refractivity (Wildman–Crippen MR) is 48.1 cm³/mol. The van der Waals surface area contributed by atoms with Gasteiger partial charge >= 0.3 is 0 Å². The van der Waals surface area contributed by atoms with Gasteiger partial charge in [-0.25, -0.2) is 4.39 Å². The van der Waals surface area contributed by atoms with Gasteiger partial charge in [-0.05, 0) is 17.7 Å². The zero-order valence-corrected chi connectivity index (χ0v) is 7.88. The van der Waals surface area contributed by atoms with E-state index < -0.39 is 6.04 Å². The molecule has 0 aromatic heterocycles. The van der Waals surface area contributed by atoms with E-state index in [1.54, 1.807) is 6.07 Å². The van der Waals surface area contributed by atoms with E-state index in [1.807, 2.05) is 0 Å². The second-order valence-corrected chi connectivity index (χ2v) is 3.31. The van der Waals surface area contributed by atoms with Gasteiger partial charge in [-0.1, -0.05) is 22.0 Å². The summed E-state index contributed by atoms with van der Waals surface area (Å²) in [5, 5.41) is 8.74. The van der Waals surface area contributed by atoms with Crippen LogP contribution in [0.5, 0.6) is 0 Å². The molecule has 0 aliphatic heterocycles. The Kier molecular flexibility index (Phi) is 3.20. The molecule has 1 aromatic carbocycles. The summed E-state index contributed by atoms with van der Waals surface area (Å²) < 4.78 is 13.2. The van der Waals surface area contributed by atoms with Crippen LogP contribution in [-0.4, -0.2) is 11.7 Å².